The van der Waals surface area contributed by atoms with E-state index in [0.717, 1.165) is 25.7 Å². The summed E-state index contributed by atoms with van der Waals surface area (Å²) in [6, 6.07) is 8.46. The fraction of sp³-hybridized carbons (Fsp3) is 0.304. The predicted molar refractivity (Wildman–Crippen MR) is 117 cm³/mol. The Labute approximate surface area is 184 Å². The van der Waals surface area contributed by atoms with Crippen LogP contribution in [-0.2, 0) is 4.79 Å². The summed E-state index contributed by atoms with van der Waals surface area (Å²) in [6.07, 6.45) is 9.37. The molecule has 0 radical (unpaired) electrons. The van der Waals surface area contributed by atoms with Crippen LogP contribution in [-0.4, -0.2) is 27.8 Å². The average molecular weight is 439 g/mol. The maximum atomic E-state index is 14.1. The smallest absolute Gasteiger partial charge is 0.279 e. The number of carbonyl (C=O) groups is 2. The number of amides is 2. The van der Waals surface area contributed by atoms with Crippen molar-refractivity contribution in [3.8, 4) is 0 Å². The highest BCUT2D eigenvalue weighted by Gasteiger charge is 2.36. The first kappa shape index (κ1) is 21.1. The fourth-order valence-corrected chi connectivity index (χ4v) is 4.70. The number of nitrogens with one attached hydrogen (secondary N) is 1. The Morgan fingerprint density at radius 3 is 2.65 bits per heavy atom. The summed E-state index contributed by atoms with van der Waals surface area (Å²) in [4.78, 5) is 37.1. The zero-order valence-corrected chi connectivity index (χ0v) is 17.7. The summed E-state index contributed by atoms with van der Waals surface area (Å²) in [6.45, 7) is 0. The minimum absolute atomic E-state index is 0.0738. The lowest BCUT2D eigenvalue weighted by Crippen LogP contribution is -2.47. The number of hydrogen-bond acceptors (Lipinski definition) is 5. The molecule has 1 saturated carbocycles. The lowest BCUT2D eigenvalue weighted by Gasteiger charge is -2.32. The molecule has 1 aromatic carbocycles. The van der Waals surface area contributed by atoms with Crippen LogP contribution >= 0.6 is 11.3 Å². The van der Waals surface area contributed by atoms with Crippen molar-refractivity contribution in [2.45, 2.75) is 44.2 Å². The lowest BCUT2D eigenvalue weighted by atomic mass is 9.95. The second kappa shape index (κ2) is 9.78. The van der Waals surface area contributed by atoms with E-state index in [1.807, 2.05) is 17.5 Å². The highest BCUT2D eigenvalue weighted by Crippen LogP contribution is 2.32. The Kier molecular flexibility index (Phi) is 6.66. The summed E-state index contributed by atoms with van der Waals surface area (Å²) in [7, 11) is 0. The molecular weight excluding hydrogens is 415 g/mol. The van der Waals surface area contributed by atoms with Gasteiger partial charge in [0, 0.05) is 29.0 Å². The number of anilines is 1. The molecular formula is C23H23FN4O2S. The van der Waals surface area contributed by atoms with Gasteiger partial charge in [0.1, 0.15) is 11.5 Å². The Hall–Kier alpha value is -3.13. The largest absolute Gasteiger partial charge is 0.351 e. The van der Waals surface area contributed by atoms with Crippen molar-refractivity contribution in [1.29, 1.82) is 0 Å². The van der Waals surface area contributed by atoms with Gasteiger partial charge in [0.05, 0.1) is 6.20 Å². The van der Waals surface area contributed by atoms with Gasteiger partial charge in [0.15, 0.2) is 6.04 Å². The molecule has 160 valence electrons. The van der Waals surface area contributed by atoms with E-state index in [4.69, 9.17) is 0 Å². The molecule has 1 fully saturated rings. The van der Waals surface area contributed by atoms with E-state index in [1.165, 1.54) is 59.4 Å². The van der Waals surface area contributed by atoms with Gasteiger partial charge in [-0.05, 0) is 42.5 Å². The minimum atomic E-state index is -0.946. The molecule has 0 bridgehead atoms. The van der Waals surface area contributed by atoms with Crippen molar-refractivity contribution in [2.75, 3.05) is 4.90 Å². The molecule has 0 saturated heterocycles. The van der Waals surface area contributed by atoms with Crippen LogP contribution in [0.2, 0.25) is 0 Å². The first-order chi connectivity index (χ1) is 15.1. The van der Waals surface area contributed by atoms with Gasteiger partial charge >= 0.3 is 0 Å². The van der Waals surface area contributed by atoms with Crippen LogP contribution in [0.4, 0.5) is 10.1 Å². The second-order valence-corrected chi connectivity index (χ2v) is 8.49. The monoisotopic (exact) mass is 438 g/mol. The van der Waals surface area contributed by atoms with Crippen LogP contribution in [0.15, 0.2) is 60.4 Å². The standard InChI is InChI=1S/C23H23FN4O2S/c24-16-6-4-9-18(14-16)28(23(30)19-15-25-11-12-26-19)21(20-10-5-13-31-20)22(29)27-17-7-2-1-3-8-17/h4-6,9-15,17,21H,1-3,7-8H2,(H,27,29). The van der Waals surface area contributed by atoms with Crippen molar-refractivity contribution >= 4 is 28.8 Å². The molecule has 1 unspecified atom stereocenters. The molecule has 3 aromatic rings. The van der Waals surface area contributed by atoms with Crippen LogP contribution in [0, 0.1) is 5.82 Å². The van der Waals surface area contributed by atoms with Crippen LogP contribution < -0.4 is 10.2 Å². The van der Waals surface area contributed by atoms with Crippen molar-refractivity contribution in [2.24, 2.45) is 0 Å². The van der Waals surface area contributed by atoms with Gasteiger partial charge in [-0.25, -0.2) is 9.37 Å². The van der Waals surface area contributed by atoms with Gasteiger partial charge in [0.2, 0.25) is 5.91 Å². The summed E-state index contributed by atoms with van der Waals surface area (Å²) < 4.78 is 14.1. The molecule has 8 heteroatoms. The highest BCUT2D eigenvalue weighted by atomic mass is 32.1. The normalized spacial score (nSPS) is 15.3. The van der Waals surface area contributed by atoms with Crippen molar-refractivity contribution < 1.29 is 14.0 Å². The molecule has 1 atom stereocenters. The number of halogens is 1. The number of thiophene rings is 1. The first-order valence-electron chi connectivity index (χ1n) is 10.3. The zero-order valence-electron chi connectivity index (χ0n) is 16.9. The SMILES string of the molecule is O=C(NC1CCCCC1)C(c1cccs1)N(C(=O)c1cnccn1)c1cccc(F)c1. The molecule has 0 spiro atoms. The predicted octanol–water partition coefficient (Wildman–Crippen LogP) is 4.51. The molecule has 1 aliphatic rings. The molecule has 6 nitrogen and oxygen atoms in total. The van der Waals surface area contributed by atoms with Crippen LogP contribution in [0.5, 0.6) is 0 Å². The number of rotatable bonds is 6. The van der Waals surface area contributed by atoms with E-state index in [0.29, 0.717) is 4.88 Å². The molecule has 1 N–H and O–H groups in total. The Balaban J connectivity index is 1.76. The van der Waals surface area contributed by atoms with Crippen molar-refractivity contribution in [3.05, 3.63) is 76.8 Å². The van der Waals surface area contributed by atoms with Crippen LogP contribution in [0.25, 0.3) is 0 Å². The topological polar surface area (TPSA) is 75.2 Å². The Morgan fingerprint density at radius 1 is 1.13 bits per heavy atom. The maximum absolute atomic E-state index is 14.1. The summed E-state index contributed by atoms with van der Waals surface area (Å²) in [5.74, 6) is -1.29. The van der Waals surface area contributed by atoms with E-state index in [2.05, 4.69) is 15.3 Å². The third-order valence-corrected chi connectivity index (χ3v) is 6.28. The van der Waals surface area contributed by atoms with E-state index < -0.39 is 17.8 Å². The average Bonchev–Trinajstić information content (AvgIpc) is 3.32. The van der Waals surface area contributed by atoms with Crippen LogP contribution in [0.3, 0.4) is 0 Å². The summed E-state index contributed by atoms with van der Waals surface area (Å²) >= 11 is 1.38. The number of nitrogens with zero attached hydrogens (tertiary/aromatic N) is 3. The van der Waals surface area contributed by atoms with Gasteiger partial charge in [-0.15, -0.1) is 11.3 Å². The molecule has 2 heterocycles. The van der Waals surface area contributed by atoms with E-state index >= 15 is 0 Å². The van der Waals surface area contributed by atoms with Crippen molar-refractivity contribution in [1.82, 2.24) is 15.3 Å². The third-order valence-electron chi connectivity index (χ3n) is 5.36. The zero-order chi connectivity index (χ0) is 21.6. The molecule has 2 amide bonds. The first-order valence-corrected chi connectivity index (χ1v) is 11.2. The van der Waals surface area contributed by atoms with E-state index in [-0.39, 0.29) is 23.3 Å². The molecule has 0 aliphatic heterocycles. The van der Waals surface area contributed by atoms with Crippen LogP contribution in [0.1, 0.15) is 53.5 Å². The number of benzene rings is 1. The fourth-order valence-electron chi connectivity index (χ4n) is 3.89. The highest BCUT2D eigenvalue weighted by molar-refractivity contribution is 7.10. The van der Waals surface area contributed by atoms with E-state index in [9.17, 15) is 14.0 Å². The van der Waals surface area contributed by atoms with Gasteiger partial charge in [-0.1, -0.05) is 31.4 Å². The lowest BCUT2D eigenvalue weighted by molar-refractivity contribution is -0.123. The molecule has 4 rings (SSSR count). The summed E-state index contributed by atoms with van der Waals surface area (Å²) in [5, 5.41) is 4.98. The van der Waals surface area contributed by atoms with Gasteiger partial charge < -0.3 is 5.32 Å². The number of hydrogen-bond donors (Lipinski definition) is 1. The number of carbonyl (C=O) groups excluding carboxylic acids is 2. The Bertz CT molecular complexity index is 1020. The van der Waals surface area contributed by atoms with E-state index in [1.54, 1.807) is 6.07 Å². The number of aromatic nitrogens is 2. The second-order valence-electron chi connectivity index (χ2n) is 7.51. The van der Waals surface area contributed by atoms with Gasteiger partial charge in [-0.2, -0.15) is 0 Å². The quantitative estimate of drug-likeness (QED) is 0.614. The third kappa shape index (κ3) is 4.96. The van der Waals surface area contributed by atoms with Gasteiger partial charge in [-0.3, -0.25) is 19.5 Å². The molecule has 31 heavy (non-hydrogen) atoms. The molecule has 1 aliphatic carbocycles. The minimum Gasteiger partial charge on any atom is -0.351 e. The maximum Gasteiger partial charge on any atom is 0.279 e. The Morgan fingerprint density at radius 2 is 1.97 bits per heavy atom. The molecule has 2 aromatic heterocycles. The van der Waals surface area contributed by atoms with Crippen molar-refractivity contribution in [3.63, 3.8) is 0 Å². The summed E-state index contributed by atoms with van der Waals surface area (Å²) in [5.41, 5.74) is 0.367. The van der Waals surface area contributed by atoms with Gasteiger partial charge in [0.25, 0.3) is 5.91 Å².